The Morgan fingerprint density at radius 3 is 2.68 bits per heavy atom. The number of nitrogen functional groups attached to an aromatic ring is 1. The van der Waals surface area contributed by atoms with Gasteiger partial charge in [-0.3, -0.25) is 4.79 Å². The maximum atomic E-state index is 12.0. The second kappa shape index (κ2) is 5.47. The summed E-state index contributed by atoms with van der Waals surface area (Å²) in [5.41, 5.74) is 7.77. The van der Waals surface area contributed by atoms with Crippen LogP contribution in [0.25, 0.3) is 0 Å². The quantitative estimate of drug-likeness (QED) is 0.658. The van der Waals surface area contributed by atoms with E-state index in [0.717, 1.165) is 5.56 Å². The molecule has 1 heterocycles. The summed E-state index contributed by atoms with van der Waals surface area (Å²) < 4.78 is 0. The summed E-state index contributed by atoms with van der Waals surface area (Å²) in [7, 11) is 0. The number of benzene rings is 1. The molecule has 0 unspecified atom stereocenters. The van der Waals surface area contributed by atoms with Crippen LogP contribution in [-0.4, -0.2) is 10.9 Å². The Morgan fingerprint density at radius 1 is 1.32 bits per heavy atom. The van der Waals surface area contributed by atoms with Gasteiger partial charge in [-0.1, -0.05) is 23.2 Å². The van der Waals surface area contributed by atoms with E-state index in [0.29, 0.717) is 27.1 Å². The first-order chi connectivity index (χ1) is 8.97. The van der Waals surface area contributed by atoms with E-state index >= 15 is 0 Å². The van der Waals surface area contributed by atoms with E-state index < -0.39 is 0 Å². The number of halogens is 2. The van der Waals surface area contributed by atoms with Crippen LogP contribution in [0.5, 0.6) is 0 Å². The fraction of sp³-hybridized carbons (Fsp3) is 0.0769. The zero-order chi connectivity index (χ0) is 14.0. The zero-order valence-electron chi connectivity index (χ0n) is 10.1. The van der Waals surface area contributed by atoms with Crippen molar-refractivity contribution < 1.29 is 4.79 Å². The maximum absolute atomic E-state index is 12.0. The van der Waals surface area contributed by atoms with Crippen molar-refractivity contribution in [3.63, 3.8) is 0 Å². The van der Waals surface area contributed by atoms with Gasteiger partial charge < -0.3 is 11.1 Å². The van der Waals surface area contributed by atoms with Crippen molar-refractivity contribution in [1.82, 2.24) is 4.98 Å². The van der Waals surface area contributed by atoms with Crippen LogP contribution in [0.2, 0.25) is 10.2 Å². The first-order valence-electron chi connectivity index (χ1n) is 5.46. The maximum Gasteiger partial charge on any atom is 0.257 e. The number of rotatable bonds is 2. The summed E-state index contributed by atoms with van der Waals surface area (Å²) >= 11 is 11.8. The number of pyridine rings is 1. The summed E-state index contributed by atoms with van der Waals surface area (Å²) in [4.78, 5) is 16.0. The summed E-state index contributed by atoms with van der Waals surface area (Å²) in [5.74, 6) is -0.325. The second-order valence-electron chi connectivity index (χ2n) is 4.03. The van der Waals surface area contributed by atoms with Crippen LogP contribution in [-0.2, 0) is 0 Å². The number of carbonyl (C=O) groups excluding carboxylic acids is 1. The average Bonchev–Trinajstić information content (AvgIpc) is 2.33. The van der Waals surface area contributed by atoms with E-state index in [2.05, 4.69) is 10.3 Å². The Morgan fingerprint density at radius 2 is 2.05 bits per heavy atom. The molecule has 0 bridgehead atoms. The molecule has 0 aliphatic carbocycles. The van der Waals surface area contributed by atoms with E-state index in [1.165, 1.54) is 12.3 Å². The highest BCUT2D eigenvalue weighted by Crippen LogP contribution is 2.21. The fourth-order valence-corrected chi connectivity index (χ4v) is 1.92. The minimum Gasteiger partial charge on any atom is -0.399 e. The largest absolute Gasteiger partial charge is 0.399 e. The number of aromatic nitrogens is 1. The zero-order valence-corrected chi connectivity index (χ0v) is 11.6. The molecule has 0 fully saturated rings. The minimum atomic E-state index is -0.325. The molecule has 2 aromatic rings. The fourth-order valence-electron chi connectivity index (χ4n) is 1.54. The predicted octanol–water partition coefficient (Wildman–Crippen LogP) is 3.53. The van der Waals surface area contributed by atoms with Crippen molar-refractivity contribution in [3.05, 3.63) is 51.8 Å². The molecule has 0 saturated heterocycles. The standard InChI is InChI=1S/C13H11Cl2N3O/c1-7-4-9(6-17-12(7)15)18-13(19)10-3-2-8(16)5-11(10)14/h2-6H,16H2,1H3,(H,18,19). The lowest BCUT2D eigenvalue weighted by atomic mass is 10.2. The predicted molar refractivity (Wildman–Crippen MR) is 77.8 cm³/mol. The summed E-state index contributed by atoms with van der Waals surface area (Å²) in [6, 6.07) is 6.45. The lowest BCUT2D eigenvalue weighted by Gasteiger charge is -2.08. The van der Waals surface area contributed by atoms with Gasteiger partial charge in [-0.25, -0.2) is 4.98 Å². The number of hydrogen-bond acceptors (Lipinski definition) is 3. The number of nitrogens with one attached hydrogen (secondary N) is 1. The highest BCUT2D eigenvalue weighted by atomic mass is 35.5. The first-order valence-corrected chi connectivity index (χ1v) is 6.21. The molecular weight excluding hydrogens is 285 g/mol. The second-order valence-corrected chi connectivity index (χ2v) is 4.79. The molecule has 1 aromatic heterocycles. The van der Waals surface area contributed by atoms with Crippen LogP contribution >= 0.6 is 23.2 Å². The third-order valence-electron chi connectivity index (χ3n) is 2.51. The van der Waals surface area contributed by atoms with Crippen LogP contribution in [0.3, 0.4) is 0 Å². The normalized spacial score (nSPS) is 10.3. The molecule has 3 N–H and O–H groups in total. The molecule has 0 aliphatic rings. The van der Waals surface area contributed by atoms with Crippen LogP contribution in [0.1, 0.15) is 15.9 Å². The molecule has 0 spiro atoms. The van der Waals surface area contributed by atoms with Crippen molar-refractivity contribution in [2.45, 2.75) is 6.92 Å². The molecule has 98 valence electrons. The molecule has 4 nitrogen and oxygen atoms in total. The van der Waals surface area contributed by atoms with Crippen molar-refractivity contribution in [2.75, 3.05) is 11.1 Å². The van der Waals surface area contributed by atoms with Crippen molar-refractivity contribution >= 4 is 40.5 Å². The van der Waals surface area contributed by atoms with Gasteiger partial charge in [0, 0.05) is 5.69 Å². The van der Waals surface area contributed by atoms with E-state index in [1.54, 1.807) is 25.1 Å². The Bertz CT molecular complexity index is 644. The van der Waals surface area contributed by atoms with Gasteiger partial charge in [0.15, 0.2) is 0 Å². The highest BCUT2D eigenvalue weighted by molar-refractivity contribution is 6.34. The number of hydrogen-bond donors (Lipinski definition) is 2. The number of aryl methyl sites for hydroxylation is 1. The molecule has 0 atom stereocenters. The van der Waals surface area contributed by atoms with E-state index in [-0.39, 0.29) is 5.91 Å². The van der Waals surface area contributed by atoms with Crippen LogP contribution in [0, 0.1) is 6.92 Å². The molecule has 0 radical (unpaired) electrons. The molecular formula is C13H11Cl2N3O. The summed E-state index contributed by atoms with van der Waals surface area (Å²) in [5, 5.41) is 3.41. The van der Waals surface area contributed by atoms with Crippen molar-refractivity contribution in [1.29, 1.82) is 0 Å². The van der Waals surface area contributed by atoms with Gasteiger partial charge in [0.25, 0.3) is 5.91 Å². The third-order valence-corrected chi connectivity index (χ3v) is 3.22. The van der Waals surface area contributed by atoms with Gasteiger partial charge in [-0.15, -0.1) is 0 Å². The first kappa shape index (κ1) is 13.6. The molecule has 1 aromatic carbocycles. The topological polar surface area (TPSA) is 68.0 Å². The molecule has 2 rings (SSSR count). The van der Waals surface area contributed by atoms with E-state index in [4.69, 9.17) is 28.9 Å². The average molecular weight is 296 g/mol. The van der Waals surface area contributed by atoms with Crippen LogP contribution in [0.4, 0.5) is 11.4 Å². The number of amides is 1. The number of anilines is 2. The number of nitrogens with two attached hydrogens (primary N) is 1. The van der Waals surface area contributed by atoms with Gasteiger partial charge in [-0.05, 0) is 36.8 Å². The molecule has 1 amide bonds. The number of carbonyl (C=O) groups is 1. The molecule has 0 saturated carbocycles. The third kappa shape index (κ3) is 3.16. The Balaban J connectivity index is 2.23. The number of nitrogens with zero attached hydrogens (tertiary/aromatic N) is 1. The van der Waals surface area contributed by atoms with Gasteiger partial charge in [0.05, 0.1) is 22.5 Å². The van der Waals surface area contributed by atoms with Gasteiger partial charge in [-0.2, -0.15) is 0 Å². The monoisotopic (exact) mass is 295 g/mol. The summed E-state index contributed by atoms with van der Waals surface area (Å²) in [6.45, 7) is 1.81. The van der Waals surface area contributed by atoms with Crippen molar-refractivity contribution in [2.24, 2.45) is 0 Å². The highest BCUT2D eigenvalue weighted by Gasteiger charge is 2.11. The Labute approximate surface area is 120 Å². The van der Waals surface area contributed by atoms with Crippen molar-refractivity contribution in [3.8, 4) is 0 Å². The van der Waals surface area contributed by atoms with Gasteiger partial charge >= 0.3 is 0 Å². The lowest BCUT2D eigenvalue weighted by molar-refractivity contribution is 0.102. The molecule has 6 heteroatoms. The lowest BCUT2D eigenvalue weighted by Crippen LogP contribution is -2.13. The van der Waals surface area contributed by atoms with Gasteiger partial charge in [0.2, 0.25) is 0 Å². The van der Waals surface area contributed by atoms with E-state index in [1.807, 2.05) is 0 Å². The SMILES string of the molecule is Cc1cc(NC(=O)c2ccc(N)cc2Cl)cnc1Cl. The molecule has 0 aliphatic heterocycles. The minimum absolute atomic E-state index is 0.302. The smallest absolute Gasteiger partial charge is 0.257 e. The molecule has 19 heavy (non-hydrogen) atoms. The Hall–Kier alpha value is -1.78. The summed E-state index contributed by atoms with van der Waals surface area (Å²) in [6.07, 6.45) is 1.48. The van der Waals surface area contributed by atoms with E-state index in [9.17, 15) is 4.79 Å². The van der Waals surface area contributed by atoms with Crippen LogP contribution in [0.15, 0.2) is 30.5 Å². The Kier molecular flexibility index (Phi) is 3.93. The van der Waals surface area contributed by atoms with Crippen LogP contribution < -0.4 is 11.1 Å². The van der Waals surface area contributed by atoms with Gasteiger partial charge in [0.1, 0.15) is 5.15 Å².